The van der Waals surface area contributed by atoms with Gasteiger partial charge in [-0.1, -0.05) is 37.3 Å². The van der Waals surface area contributed by atoms with E-state index >= 15 is 0 Å². The van der Waals surface area contributed by atoms with Crippen molar-refractivity contribution in [2.45, 2.75) is 39.7 Å². The summed E-state index contributed by atoms with van der Waals surface area (Å²) in [7, 11) is 0. The highest BCUT2D eigenvalue weighted by Gasteiger charge is 2.62. The highest BCUT2D eigenvalue weighted by Crippen LogP contribution is 2.55. The highest BCUT2D eigenvalue weighted by atomic mass is 16.5. The van der Waals surface area contributed by atoms with Crippen molar-refractivity contribution in [1.82, 2.24) is 10.3 Å². The third kappa shape index (κ3) is 4.44. The van der Waals surface area contributed by atoms with Crippen molar-refractivity contribution in [3.8, 4) is 5.75 Å². The van der Waals surface area contributed by atoms with Crippen LogP contribution in [-0.4, -0.2) is 23.3 Å². The van der Waals surface area contributed by atoms with Gasteiger partial charge in [-0.2, -0.15) is 0 Å². The number of primary amides is 1. The Labute approximate surface area is 188 Å². The average Bonchev–Trinajstić information content (AvgIpc) is 3.52. The zero-order valence-electron chi connectivity index (χ0n) is 18.6. The summed E-state index contributed by atoms with van der Waals surface area (Å²) in [5, 5.41) is 4.02. The first kappa shape index (κ1) is 21.8. The molecule has 6 heteroatoms. The number of hydrogen-bond donors (Lipinski definition) is 2. The van der Waals surface area contributed by atoms with E-state index in [0.29, 0.717) is 26.0 Å². The number of ether oxygens (including phenoxy) is 1. The van der Waals surface area contributed by atoms with Crippen LogP contribution in [0.1, 0.15) is 36.6 Å². The minimum atomic E-state index is -0.725. The lowest BCUT2D eigenvalue weighted by Gasteiger charge is -2.17. The molecule has 2 atom stereocenters. The Morgan fingerprint density at radius 2 is 1.94 bits per heavy atom. The summed E-state index contributed by atoms with van der Waals surface area (Å²) in [6.07, 6.45) is 1.84. The number of hydrogen-bond acceptors (Lipinski definition) is 4. The average molecular weight is 432 g/mol. The lowest BCUT2D eigenvalue weighted by molar-refractivity contribution is -0.130. The van der Waals surface area contributed by atoms with Crippen LogP contribution in [0.5, 0.6) is 5.75 Å². The highest BCUT2D eigenvalue weighted by molar-refractivity contribution is 5.95. The van der Waals surface area contributed by atoms with Gasteiger partial charge in [-0.05, 0) is 56.0 Å². The molecule has 0 spiro atoms. The summed E-state index contributed by atoms with van der Waals surface area (Å²) < 4.78 is 6.03. The molecular weight excluding hydrogens is 402 g/mol. The summed E-state index contributed by atoms with van der Waals surface area (Å²) in [4.78, 5) is 29.0. The maximum atomic E-state index is 12.7. The minimum absolute atomic E-state index is 0.0802. The van der Waals surface area contributed by atoms with Crippen LogP contribution in [0.15, 0.2) is 54.6 Å². The van der Waals surface area contributed by atoms with Gasteiger partial charge in [0.15, 0.2) is 0 Å². The first-order valence-electron chi connectivity index (χ1n) is 11.1. The largest absolute Gasteiger partial charge is 0.489 e. The van der Waals surface area contributed by atoms with E-state index in [0.717, 1.165) is 39.9 Å². The predicted octanol–water partition coefficient (Wildman–Crippen LogP) is 3.68. The molecule has 2 aromatic carbocycles. The third-order valence-electron chi connectivity index (χ3n) is 6.17. The fourth-order valence-corrected chi connectivity index (χ4v) is 4.36. The Hall–Kier alpha value is -3.41. The molecule has 0 unspecified atom stereocenters. The van der Waals surface area contributed by atoms with E-state index in [-0.39, 0.29) is 5.91 Å². The number of pyridine rings is 1. The number of rotatable bonds is 9. The Balaban J connectivity index is 1.44. The zero-order chi connectivity index (χ0) is 22.7. The number of amides is 2. The molecule has 0 radical (unpaired) electrons. The van der Waals surface area contributed by atoms with E-state index < -0.39 is 17.2 Å². The maximum Gasteiger partial charge on any atom is 0.227 e. The number of aromatic nitrogens is 1. The van der Waals surface area contributed by atoms with Gasteiger partial charge in [0.25, 0.3) is 0 Å². The summed E-state index contributed by atoms with van der Waals surface area (Å²) in [5.74, 6) is -0.141. The number of benzene rings is 2. The van der Waals surface area contributed by atoms with Gasteiger partial charge in [-0.15, -0.1) is 0 Å². The number of carbonyl (C=O) groups is 2. The Kier molecular flexibility index (Phi) is 6.12. The maximum absolute atomic E-state index is 12.7. The van der Waals surface area contributed by atoms with Crippen LogP contribution in [0.3, 0.4) is 0 Å². The summed E-state index contributed by atoms with van der Waals surface area (Å²) in [6.45, 7) is 5.02. The third-order valence-corrected chi connectivity index (χ3v) is 6.17. The molecule has 1 aliphatic carbocycles. The van der Waals surface area contributed by atoms with Gasteiger partial charge in [-0.25, -0.2) is 0 Å². The van der Waals surface area contributed by atoms with Crippen molar-refractivity contribution >= 4 is 22.7 Å². The smallest absolute Gasteiger partial charge is 0.227 e. The van der Waals surface area contributed by atoms with Crippen LogP contribution in [0, 0.1) is 18.3 Å². The molecular formula is C26H29N3O3. The topological polar surface area (TPSA) is 94.3 Å². The van der Waals surface area contributed by atoms with Gasteiger partial charge >= 0.3 is 0 Å². The van der Waals surface area contributed by atoms with Crippen LogP contribution in [0.25, 0.3) is 10.9 Å². The summed E-state index contributed by atoms with van der Waals surface area (Å²) in [6, 6.07) is 17.8. The van der Waals surface area contributed by atoms with Crippen molar-refractivity contribution < 1.29 is 14.3 Å². The first-order valence-corrected chi connectivity index (χ1v) is 11.1. The molecule has 0 bridgehead atoms. The molecule has 166 valence electrons. The molecule has 0 aliphatic heterocycles. The van der Waals surface area contributed by atoms with Gasteiger partial charge in [-0.3, -0.25) is 14.6 Å². The number of carbonyl (C=O) groups excluding carboxylic acids is 2. The molecule has 2 amide bonds. The minimum Gasteiger partial charge on any atom is -0.489 e. The van der Waals surface area contributed by atoms with Gasteiger partial charge in [0, 0.05) is 23.2 Å². The predicted molar refractivity (Wildman–Crippen MR) is 124 cm³/mol. The van der Waals surface area contributed by atoms with E-state index in [2.05, 4.69) is 16.4 Å². The number of fused-ring (bicyclic) bond motifs is 1. The summed E-state index contributed by atoms with van der Waals surface area (Å²) in [5.41, 5.74) is 8.78. The monoisotopic (exact) mass is 431 g/mol. The van der Waals surface area contributed by atoms with Gasteiger partial charge in [0.05, 0.1) is 16.8 Å². The van der Waals surface area contributed by atoms with E-state index in [9.17, 15) is 9.59 Å². The SMILES string of the molecule is CCCNC(=O)[C@@]1(Cc2ccc(OCc3cc(C)nc4ccccc34)cc2)C[C@@H]1C(N)=O. The van der Waals surface area contributed by atoms with Crippen molar-refractivity contribution in [1.29, 1.82) is 0 Å². The standard InChI is InChI=1S/C26H29N3O3/c1-3-12-28-25(31)26(15-22(26)24(27)30)14-18-8-10-20(11-9-18)32-16-19-13-17(2)29-23-7-5-4-6-21(19)23/h4-11,13,22H,3,12,14-16H2,1-2H3,(H2,27,30)(H,28,31)/t22-,26+/m1/s1. The molecule has 1 heterocycles. The van der Waals surface area contributed by atoms with E-state index in [1.165, 1.54) is 0 Å². The molecule has 1 aromatic heterocycles. The Morgan fingerprint density at radius 1 is 1.19 bits per heavy atom. The molecule has 3 aromatic rings. The Bertz CT molecular complexity index is 1140. The van der Waals surface area contributed by atoms with Crippen LogP contribution >= 0.6 is 0 Å². The quantitative estimate of drug-likeness (QED) is 0.540. The fraction of sp³-hybridized carbons (Fsp3) is 0.346. The lowest BCUT2D eigenvalue weighted by Crippen LogP contribution is -2.37. The second-order valence-electron chi connectivity index (χ2n) is 8.62. The van der Waals surface area contributed by atoms with Gasteiger partial charge in [0.1, 0.15) is 12.4 Å². The van der Waals surface area contributed by atoms with E-state index in [4.69, 9.17) is 10.5 Å². The Morgan fingerprint density at radius 3 is 2.62 bits per heavy atom. The van der Waals surface area contributed by atoms with Crippen LogP contribution in [-0.2, 0) is 22.6 Å². The van der Waals surface area contributed by atoms with Gasteiger partial charge < -0.3 is 15.8 Å². The molecule has 3 N–H and O–H groups in total. The molecule has 1 fully saturated rings. The molecule has 1 aliphatic rings. The number of nitrogens with one attached hydrogen (secondary N) is 1. The van der Waals surface area contributed by atoms with Crippen LogP contribution < -0.4 is 15.8 Å². The molecule has 4 rings (SSSR count). The second kappa shape index (κ2) is 8.99. The van der Waals surface area contributed by atoms with Crippen molar-refractivity contribution in [3.05, 3.63) is 71.4 Å². The van der Waals surface area contributed by atoms with Crippen LogP contribution in [0.2, 0.25) is 0 Å². The number of nitrogens with two attached hydrogens (primary N) is 1. The van der Waals surface area contributed by atoms with E-state index in [1.807, 2.05) is 62.4 Å². The first-order chi connectivity index (χ1) is 15.4. The van der Waals surface area contributed by atoms with Crippen molar-refractivity contribution in [2.75, 3.05) is 6.54 Å². The van der Waals surface area contributed by atoms with Crippen LogP contribution in [0.4, 0.5) is 0 Å². The van der Waals surface area contributed by atoms with Crippen molar-refractivity contribution in [3.63, 3.8) is 0 Å². The normalized spacial score (nSPS) is 19.5. The lowest BCUT2D eigenvalue weighted by atomic mass is 9.92. The molecule has 6 nitrogen and oxygen atoms in total. The van der Waals surface area contributed by atoms with Crippen molar-refractivity contribution in [2.24, 2.45) is 17.1 Å². The van der Waals surface area contributed by atoms with Gasteiger partial charge in [0.2, 0.25) is 11.8 Å². The summed E-state index contributed by atoms with van der Waals surface area (Å²) >= 11 is 0. The number of nitrogens with zero attached hydrogens (tertiary/aromatic N) is 1. The second-order valence-corrected chi connectivity index (χ2v) is 8.62. The molecule has 0 saturated heterocycles. The fourth-order valence-electron chi connectivity index (χ4n) is 4.36. The zero-order valence-corrected chi connectivity index (χ0v) is 18.6. The van der Waals surface area contributed by atoms with E-state index in [1.54, 1.807) is 0 Å². The number of aryl methyl sites for hydroxylation is 1. The molecule has 1 saturated carbocycles. The number of para-hydroxylation sites is 1. The molecule has 32 heavy (non-hydrogen) atoms.